The zero-order valence-corrected chi connectivity index (χ0v) is 10.9. The van der Waals surface area contributed by atoms with Gasteiger partial charge in [0.15, 0.2) is 5.65 Å². The molecule has 20 heavy (non-hydrogen) atoms. The van der Waals surface area contributed by atoms with E-state index in [1.54, 1.807) is 24.4 Å². The van der Waals surface area contributed by atoms with Gasteiger partial charge in [-0.25, -0.2) is 9.97 Å². The minimum atomic E-state index is -1.58. The van der Waals surface area contributed by atoms with Crippen LogP contribution >= 0.6 is 0 Å². The van der Waals surface area contributed by atoms with Crippen LogP contribution in [0.3, 0.4) is 0 Å². The van der Waals surface area contributed by atoms with Crippen LogP contribution in [0.25, 0.3) is 22.4 Å². The van der Waals surface area contributed by atoms with Crippen molar-refractivity contribution in [3.8, 4) is 11.4 Å². The predicted molar refractivity (Wildman–Crippen MR) is 77.3 cm³/mol. The highest BCUT2D eigenvalue weighted by Gasteiger charge is 2.18. The monoisotopic (exact) mass is 265 g/mol. The molecule has 0 spiro atoms. The largest absolute Gasteiger partial charge is 0.489 e. The number of aromatic nitrogens is 3. The molecule has 6 heteroatoms. The molecule has 0 amide bonds. The standard InChI is InChI=1S/C14H12BN3O2/c1-9-4-2-6-12(17-9)13-8-11(15(19)20)10-5-3-7-16-14(10)18-13/h2-8,19-20H,1H3. The normalized spacial score (nSPS) is 10.8. The topological polar surface area (TPSA) is 79.1 Å². The van der Waals surface area contributed by atoms with Crippen LogP contribution in [0.4, 0.5) is 0 Å². The highest BCUT2D eigenvalue weighted by molar-refractivity contribution is 6.62. The fourth-order valence-corrected chi connectivity index (χ4v) is 2.11. The van der Waals surface area contributed by atoms with Gasteiger partial charge < -0.3 is 10.0 Å². The van der Waals surface area contributed by atoms with Crippen molar-refractivity contribution in [3.05, 3.63) is 48.3 Å². The van der Waals surface area contributed by atoms with Crippen LogP contribution in [0.15, 0.2) is 42.6 Å². The molecule has 0 aromatic carbocycles. The van der Waals surface area contributed by atoms with Crippen LogP contribution in [0.5, 0.6) is 0 Å². The summed E-state index contributed by atoms with van der Waals surface area (Å²) >= 11 is 0. The smallest absolute Gasteiger partial charge is 0.423 e. The van der Waals surface area contributed by atoms with E-state index in [-0.39, 0.29) is 0 Å². The maximum Gasteiger partial charge on any atom is 0.489 e. The molecule has 0 atom stereocenters. The summed E-state index contributed by atoms with van der Waals surface area (Å²) in [5.41, 5.74) is 2.97. The van der Waals surface area contributed by atoms with Gasteiger partial charge in [-0.2, -0.15) is 0 Å². The Morgan fingerprint density at radius 2 is 1.85 bits per heavy atom. The van der Waals surface area contributed by atoms with E-state index >= 15 is 0 Å². The summed E-state index contributed by atoms with van der Waals surface area (Å²) < 4.78 is 0. The molecule has 2 N–H and O–H groups in total. The summed E-state index contributed by atoms with van der Waals surface area (Å²) in [6.07, 6.45) is 1.62. The molecule has 0 fully saturated rings. The van der Waals surface area contributed by atoms with E-state index < -0.39 is 7.12 Å². The lowest BCUT2D eigenvalue weighted by Crippen LogP contribution is -2.31. The molecule has 3 aromatic heterocycles. The van der Waals surface area contributed by atoms with Gasteiger partial charge in [0, 0.05) is 17.3 Å². The van der Waals surface area contributed by atoms with Crippen LogP contribution in [0.2, 0.25) is 0 Å². The third kappa shape index (κ3) is 2.26. The van der Waals surface area contributed by atoms with E-state index in [1.165, 1.54) is 0 Å². The van der Waals surface area contributed by atoms with Gasteiger partial charge in [-0.15, -0.1) is 0 Å². The molecule has 0 saturated heterocycles. The van der Waals surface area contributed by atoms with E-state index in [4.69, 9.17) is 0 Å². The summed E-state index contributed by atoms with van der Waals surface area (Å²) in [6, 6.07) is 10.7. The Hall–Kier alpha value is -2.31. The van der Waals surface area contributed by atoms with Gasteiger partial charge in [0.2, 0.25) is 0 Å². The third-order valence-corrected chi connectivity index (χ3v) is 3.05. The summed E-state index contributed by atoms with van der Waals surface area (Å²) in [4.78, 5) is 13.0. The highest BCUT2D eigenvalue weighted by atomic mass is 16.4. The molecule has 98 valence electrons. The Labute approximate surface area is 116 Å². The fraction of sp³-hybridized carbons (Fsp3) is 0.0714. The Kier molecular flexibility index (Phi) is 3.18. The second kappa shape index (κ2) is 4.99. The van der Waals surface area contributed by atoms with Crippen molar-refractivity contribution in [2.24, 2.45) is 0 Å². The van der Waals surface area contributed by atoms with Crippen molar-refractivity contribution in [1.29, 1.82) is 0 Å². The van der Waals surface area contributed by atoms with E-state index in [0.29, 0.717) is 27.9 Å². The van der Waals surface area contributed by atoms with Gasteiger partial charge in [-0.1, -0.05) is 12.1 Å². The Balaban J connectivity index is 2.27. The number of nitrogens with zero attached hydrogens (tertiary/aromatic N) is 3. The van der Waals surface area contributed by atoms with Gasteiger partial charge >= 0.3 is 7.12 Å². The van der Waals surface area contributed by atoms with Gasteiger partial charge in [0.25, 0.3) is 0 Å². The third-order valence-electron chi connectivity index (χ3n) is 3.05. The van der Waals surface area contributed by atoms with E-state index in [9.17, 15) is 10.0 Å². The lowest BCUT2D eigenvalue weighted by atomic mass is 9.78. The van der Waals surface area contributed by atoms with Crippen LogP contribution in [0.1, 0.15) is 5.69 Å². The van der Waals surface area contributed by atoms with E-state index in [0.717, 1.165) is 5.69 Å². The first-order valence-electron chi connectivity index (χ1n) is 6.21. The molecular weight excluding hydrogens is 253 g/mol. The number of aryl methyl sites for hydroxylation is 1. The number of hydrogen-bond donors (Lipinski definition) is 2. The second-order valence-corrected chi connectivity index (χ2v) is 4.51. The van der Waals surface area contributed by atoms with Crippen LogP contribution in [-0.4, -0.2) is 32.1 Å². The molecule has 5 nitrogen and oxygen atoms in total. The molecule has 0 unspecified atom stereocenters. The zero-order valence-electron chi connectivity index (χ0n) is 10.9. The first-order chi connectivity index (χ1) is 9.65. The molecule has 0 bridgehead atoms. The van der Waals surface area contributed by atoms with Gasteiger partial charge in [-0.05, 0) is 36.7 Å². The molecule has 0 aliphatic carbocycles. The van der Waals surface area contributed by atoms with Gasteiger partial charge in [0.1, 0.15) is 0 Å². The van der Waals surface area contributed by atoms with Gasteiger partial charge in [-0.3, -0.25) is 4.98 Å². The first kappa shape index (κ1) is 12.7. The molecular formula is C14H12BN3O2. The summed E-state index contributed by atoms with van der Waals surface area (Å²) in [6.45, 7) is 1.89. The summed E-state index contributed by atoms with van der Waals surface area (Å²) in [5.74, 6) is 0. The molecule has 3 rings (SSSR count). The van der Waals surface area contributed by atoms with Crippen LogP contribution < -0.4 is 5.46 Å². The number of pyridine rings is 3. The van der Waals surface area contributed by atoms with Crippen molar-refractivity contribution in [3.63, 3.8) is 0 Å². The van der Waals surface area contributed by atoms with Crippen molar-refractivity contribution in [2.45, 2.75) is 6.92 Å². The molecule has 0 radical (unpaired) electrons. The quantitative estimate of drug-likeness (QED) is 0.666. The minimum Gasteiger partial charge on any atom is -0.423 e. The number of fused-ring (bicyclic) bond motifs is 1. The van der Waals surface area contributed by atoms with Crippen molar-refractivity contribution in [2.75, 3.05) is 0 Å². The zero-order chi connectivity index (χ0) is 14.1. The minimum absolute atomic E-state index is 0.376. The molecule has 0 aliphatic rings. The lowest BCUT2D eigenvalue weighted by molar-refractivity contribution is 0.426. The molecule has 3 heterocycles. The number of rotatable bonds is 2. The maximum absolute atomic E-state index is 9.53. The highest BCUT2D eigenvalue weighted by Crippen LogP contribution is 2.17. The van der Waals surface area contributed by atoms with Crippen molar-refractivity contribution >= 4 is 23.6 Å². The van der Waals surface area contributed by atoms with Crippen molar-refractivity contribution < 1.29 is 10.0 Å². The molecule has 0 aliphatic heterocycles. The maximum atomic E-state index is 9.53. The Morgan fingerprint density at radius 3 is 2.60 bits per heavy atom. The number of hydrogen-bond acceptors (Lipinski definition) is 5. The van der Waals surface area contributed by atoms with E-state index in [2.05, 4.69) is 15.0 Å². The Bertz CT molecular complexity index is 777. The van der Waals surface area contributed by atoms with E-state index in [1.807, 2.05) is 25.1 Å². The summed E-state index contributed by atoms with van der Waals surface area (Å²) in [5, 5.41) is 19.7. The van der Waals surface area contributed by atoms with Crippen molar-refractivity contribution in [1.82, 2.24) is 15.0 Å². The van der Waals surface area contributed by atoms with Gasteiger partial charge in [0.05, 0.1) is 11.4 Å². The fourth-order valence-electron chi connectivity index (χ4n) is 2.11. The average molecular weight is 265 g/mol. The molecule has 3 aromatic rings. The second-order valence-electron chi connectivity index (χ2n) is 4.51. The lowest BCUT2D eigenvalue weighted by Gasteiger charge is -2.08. The predicted octanol–water partition coefficient (Wildman–Crippen LogP) is 0.680. The first-order valence-corrected chi connectivity index (χ1v) is 6.21. The van der Waals surface area contributed by atoms with Crippen LogP contribution in [0, 0.1) is 6.92 Å². The SMILES string of the molecule is Cc1cccc(-c2cc(B(O)O)c3cccnc3n2)n1. The Morgan fingerprint density at radius 1 is 1.00 bits per heavy atom. The molecule has 0 saturated carbocycles. The summed E-state index contributed by atoms with van der Waals surface area (Å²) in [7, 11) is -1.58. The van der Waals surface area contributed by atoms with Crippen LogP contribution in [-0.2, 0) is 0 Å². The average Bonchev–Trinajstić information content (AvgIpc) is 2.46.